The van der Waals surface area contributed by atoms with Crippen molar-refractivity contribution in [3.8, 4) is 0 Å². The van der Waals surface area contributed by atoms with E-state index in [9.17, 15) is 60.7 Å². The molecule has 24 heteroatoms. The topological polar surface area (TPSA) is 353 Å². The summed E-state index contributed by atoms with van der Waals surface area (Å²) in [5.41, 5.74) is 0.430. The largest absolute Gasteiger partial charge is 0.459 e. The van der Waals surface area contributed by atoms with Crippen LogP contribution in [0.2, 0.25) is 0 Å². The lowest BCUT2D eigenvalue weighted by molar-refractivity contribution is -0.384. The van der Waals surface area contributed by atoms with Gasteiger partial charge in [0.1, 0.15) is 67.2 Å². The molecule has 0 spiro atoms. The number of nitrogens with one attached hydrogen (secondary N) is 1. The molecule has 4 heterocycles. The third-order valence-electron chi connectivity index (χ3n) is 8.70. The number of carbonyl (C=O) groups is 2. The number of nitrogens with zero attached hydrogens (tertiary/aromatic N) is 3. The Morgan fingerprint density at radius 3 is 2.38 bits per heavy atom. The van der Waals surface area contributed by atoms with Crippen molar-refractivity contribution in [3.05, 3.63) is 11.9 Å². The predicted molar refractivity (Wildman–Crippen MR) is 164 cm³/mol. The highest BCUT2D eigenvalue weighted by Gasteiger charge is 2.51. The van der Waals surface area contributed by atoms with Crippen LogP contribution in [-0.2, 0) is 60.6 Å². The molecule has 304 valence electrons. The van der Waals surface area contributed by atoms with Crippen molar-refractivity contribution in [2.75, 3.05) is 39.5 Å². The molecule has 0 aromatic carbocycles. The van der Waals surface area contributed by atoms with Gasteiger partial charge in [0.05, 0.1) is 57.3 Å². The summed E-state index contributed by atoms with van der Waals surface area (Å²) in [6.45, 7) is -0.964. The molecule has 0 aliphatic carbocycles. The maximum absolute atomic E-state index is 10.9. The van der Waals surface area contributed by atoms with E-state index in [1.54, 1.807) is 6.20 Å². The molecule has 3 fully saturated rings. The fourth-order valence-electron chi connectivity index (χ4n) is 5.65. The van der Waals surface area contributed by atoms with Crippen LogP contribution in [0.5, 0.6) is 0 Å². The minimum atomic E-state index is -1.87. The zero-order valence-corrected chi connectivity index (χ0v) is 28.4. The van der Waals surface area contributed by atoms with Crippen molar-refractivity contribution >= 4 is 12.4 Å². The summed E-state index contributed by atoms with van der Waals surface area (Å²) in [6.07, 6.45) is -23.4. The monoisotopic (exact) mass is 772 g/mol. The Hall–Kier alpha value is -2.60. The molecule has 0 saturated carbocycles. The minimum absolute atomic E-state index is 0.0181. The number of aromatic nitrogens is 3. The number of aliphatic hydroxyl groups excluding tert-OH is 10. The van der Waals surface area contributed by atoms with Gasteiger partial charge in [-0.1, -0.05) is 5.21 Å². The maximum atomic E-state index is 10.9. The van der Waals surface area contributed by atoms with E-state index in [0.29, 0.717) is 12.2 Å². The number of hydrogen-bond acceptors (Lipinski definition) is 23. The number of rotatable bonds is 19. The summed E-state index contributed by atoms with van der Waals surface area (Å²) >= 11 is 0. The molecular formula is C29H48N4O20. The molecule has 11 N–H and O–H groups in total. The standard InChI is InChI=1S/C29H48N4O20/c1-12(37)46-8-13-5-33(32-31-13)3-2-30-4-15(38)20(41)17(7-35)50-27-24(45)22(43)18(10-48-27)51-29-25(21(42)16(39)9-47-29)52-28-23(44)19(40)14(6-34)26(53-28)49-11-36/h5,11,14-30,34-35,38-45H,2-4,6-10H2,1H3/t14-,15?,16+,17?,18+,19-,20?,21?,22+,23?,24?,25?,26?,27-,28-,29-/m0/s1. The molecule has 0 amide bonds. The Bertz CT molecular complexity index is 1270. The fraction of sp³-hybridized carbons (Fsp3) is 0.862. The average Bonchev–Trinajstić information content (AvgIpc) is 3.60. The number of ether oxygens (including phenoxy) is 8. The van der Waals surface area contributed by atoms with Gasteiger partial charge in [0, 0.05) is 20.0 Å². The fourth-order valence-corrected chi connectivity index (χ4v) is 5.65. The summed E-state index contributed by atoms with van der Waals surface area (Å²) in [4.78, 5) is 21.9. The van der Waals surface area contributed by atoms with E-state index in [2.05, 4.69) is 15.6 Å². The van der Waals surface area contributed by atoms with Gasteiger partial charge in [-0.2, -0.15) is 0 Å². The van der Waals surface area contributed by atoms with Gasteiger partial charge in [-0.05, 0) is 0 Å². The lowest BCUT2D eigenvalue weighted by Crippen LogP contribution is -2.63. The van der Waals surface area contributed by atoms with Gasteiger partial charge in [-0.25, -0.2) is 0 Å². The Labute approximate surface area is 301 Å². The van der Waals surface area contributed by atoms with E-state index < -0.39 is 131 Å². The van der Waals surface area contributed by atoms with Gasteiger partial charge in [0.25, 0.3) is 6.47 Å². The minimum Gasteiger partial charge on any atom is -0.459 e. The summed E-state index contributed by atoms with van der Waals surface area (Å²) in [5.74, 6) is -1.72. The second kappa shape index (κ2) is 20.4. The van der Waals surface area contributed by atoms with Gasteiger partial charge < -0.3 is 94.3 Å². The quantitative estimate of drug-likeness (QED) is 0.0353. The second-order valence-corrected chi connectivity index (χ2v) is 12.5. The van der Waals surface area contributed by atoms with Crippen molar-refractivity contribution in [1.29, 1.82) is 0 Å². The third kappa shape index (κ3) is 11.2. The van der Waals surface area contributed by atoms with Crippen LogP contribution in [0.4, 0.5) is 0 Å². The first-order valence-electron chi connectivity index (χ1n) is 16.6. The van der Waals surface area contributed by atoms with E-state index in [1.165, 1.54) is 11.6 Å². The van der Waals surface area contributed by atoms with Gasteiger partial charge in [-0.3, -0.25) is 14.3 Å². The number of aliphatic hydroxyl groups is 10. The Morgan fingerprint density at radius 1 is 0.981 bits per heavy atom. The van der Waals surface area contributed by atoms with Crippen LogP contribution in [0, 0.1) is 5.92 Å². The molecule has 53 heavy (non-hydrogen) atoms. The van der Waals surface area contributed by atoms with Crippen molar-refractivity contribution in [2.24, 2.45) is 5.92 Å². The van der Waals surface area contributed by atoms with Gasteiger partial charge in [-0.15, -0.1) is 5.10 Å². The highest BCUT2D eigenvalue weighted by atomic mass is 16.8. The summed E-state index contributed by atoms with van der Waals surface area (Å²) in [5, 5.41) is 115. The molecule has 1 aromatic heterocycles. The maximum Gasteiger partial charge on any atom is 0.303 e. The van der Waals surface area contributed by atoms with Crippen molar-refractivity contribution in [1.82, 2.24) is 20.3 Å². The van der Waals surface area contributed by atoms with E-state index in [-0.39, 0.29) is 26.2 Å². The molecule has 0 radical (unpaired) electrons. The van der Waals surface area contributed by atoms with Crippen LogP contribution < -0.4 is 5.32 Å². The summed E-state index contributed by atoms with van der Waals surface area (Å²) in [7, 11) is 0. The van der Waals surface area contributed by atoms with Crippen LogP contribution in [0.1, 0.15) is 12.6 Å². The highest BCUT2D eigenvalue weighted by molar-refractivity contribution is 5.65. The van der Waals surface area contributed by atoms with E-state index in [0.717, 1.165) is 0 Å². The van der Waals surface area contributed by atoms with Crippen LogP contribution in [0.15, 0.2) is 6.20 Å². The molecule has 3 aliphatic heterocycles. The molecule has 4 rings (SSSR count). The van der Waals surface area contributed by atoms with Crippen molar-refractivity contribution in [2.45, 2.75) is 112 Å². The second-order valence-electron chi connectivity index (χ2n) is 12.5. The number of carbonyl (C=O) groups excluding carboxylic acids is 2. The lowest BCUT2D eigenvalue weighted by atomic mass is 9.94. The first-order chi connectivity index (χ1) is 25.3. The van der Waals surface area contributed by atoms with Crippen LogP contribution in [0.25, 0.3) is 0 Å². The number of hydrogen-bond donors (Lipinski definition) is 11. The molecule has 8 unspecified atom stereocenters. The van der Waals surface area contributed by atoms with Crippen molar-refractivity contribution < 1.29 is 98.5 Å². The SMILES string of the molecule is CC(=O)OCc1cn(CCNCC(O)C(O)C(CO)O[C@@H]2OC[C@@H](O[C@@H]3OC[C@@H](O)C(O)C3O[C@H]3OC(OC=O)[C@@H](CO)[C@H](O)C3O)[C@@H](O)C2O)nn1. The normalized spacial score (nSPS) is 36.7. The summed E-state index contributed by atoms with van der Waals surface area (Å²) in [6, 6.07) is 0. The lowest BCUT2D eigenvalue weighted by Gasteiger charge is -2.46. The summed E-state index contributed by atoms with van der Waals surface area (Å²) < 4.78 is 44.2. The molecular weight excluding hydrogens is 724 g/mol. The highest BCUT2D eigenvalue weighted by Crippen LogP contribution is 2.32. The van der Waals surface area contributed by atoms with Gasteiger partial charge in [0.15, 0.2) is 18.9 Å². The smallest absolute Gasteiger partial charge is 0.303 e. The Balaban J connectivity index is 1.28. The molecule has 16 atom stereocenters. The Kier molecular flexibility index (Phi) is 16.6. The number of esters is 1. The zero-order chi connectivity index (χ0) is 38.8. The predicted octanol–water partition coefficient (Wildman–Crippen LogP) is -7.86. The van der Waals surface area contributed by atoms with E-state index >= 15 is 0 Å². The Morgan fingerprint density at radius 2 is 1.70 bits per heavy atom. The van der Waals surface area contributed by atoms with Crippen LogP contribution in [0.3, 0.4) is 0 Å². The molecule has 24 nitrogen and oxygen atoms in total. The average molecular weight is 773 g/mol. The van der Waals surface area contributed by atoms with E-state index in [4.69, 9.17) is 37.9 Å². The van der Waals surface area contributed by atoms with E-state index in [1.807, 2.05) is 0 Å². The molecule has 3 aliphatic rings. The molecule has 1 aromatic rings. The first kappa shape index (κ1) is 43.1. The van der Waals surface area contributed by atoms with Gasteiger partial charge in [0.2, 0.25) is 6.29 Å². The van der Waals surface area contributed by atoms with Crippen molar-refractivity contribution in [3.63, 3.8) is 0 Å². The van der Waals surface area contributed by atoms with Crippen LogP contribution >= 0.6 is 0 Å². The third-order valence-corrected chi connectivity index (χ3v) is 8.70. The zero-order valence-electron chi connectivity index (χ0n) is 28.4. The first-order valence-corrected chi connectivity index (χ1v) is 16.6. The van der Waals surface area contributed by atoms with Crippen LogP contribution in [-0.4, -0.2) is 210 Å². The molecule has 3 saturated heterocycles. The molecule has 0 bridgehead atoms. The van der Waals surface area contributed by atoms with Gasteiger partial charge >= 0.3 is 5.97 Å².